The first-order chi connectivity index (χ1) is 9.88. The number of hydrogen-bond acceptors (Lipinski definition) is 2. The van der Waals surface area contributed by atoms with Crippen molar-refractivity contribution in [2.45, 2.75) is 46.0 Å². The van der Waals surface area contributed by atoms with E-state index in [0.29, 0.717) is 12.5 Å². The highest BCUT2D eigenvalue weighted by Gasteiger charge is 2.35. The van der Waals surface area contributed by atoms with E-state index in [1.165, 1.54) is 12.8 Å². The van der Waals surface area contributed by atoms with Crippen LogP contribution in [0.3, 0.4) is 0 Å². The molecule has 1 rings (SSSR count). The van der Waals surface area contributed by atoms with Crippen LogP contribution in [0.4, 0.5) is 4.79 Å². The van der Waals surface area contributed by atoms with Crippen LogP contribution in [0.2, 0.25) is 0 Å². The third-order valence-electron chi connectivity index (χ3n) is 4.02. The fraction of sp³-hybridized carbons (Fsp3) is 0.750. The summed E-state index contributed by atoms with van der Waals surface area (Å²) in [7, 11) is 0. The van der Waals surface area contributed by atoms with Crippen LogP contribution >= 0.6 is 0 Å². The van der Waals surface area contributed by atoms with Gasteiger partial charge < -0.3 is 15.3 Å². The number of carboxylic acids is 1. The van der Waals surface area contributed by atoms with Gasteiger partial charge in [0.15, 0.2) is 0 Å². The molecule has 0 atom stereocenters. The molecule has 2 N–H and O–H groups in total. The van der Waals surface area contributed by atoms with E-state index in [-0.39, 0.29) is 24.5 Å². The summed E-state index contributed by atoms with van der Waals surface area (Å²) in [5.41, 5.74) is 0.162. The summed E-state index contributed by atoms with van der Waals surface area (Å²) in [6, 6.07) is -0.384. The quantitative estimate of drug-likeness (QED) is 0.708. The standard InChI is InChI=1S/C16H26N2O3/c1-4-9-18(11-14(19)20)15(21)17-12-16(10-13(2)3)7-5-6-8-16/h1,13H,5-12H2,2-3H3,(H,17,21)(H,19,20). The van der Waals surface area contributed by atoms with Gasteiger partial charge in [0.05, 0.1) is 6.54 Å². The van der Waals surface area contributed by atoms with E-state index in [1.807, 2.05) is 0 Å². The predicted molar refractivity (Wildman–Crippen MR) is 81.8 cm³/mol. The number of aliphatic carboxylic acids is 1. The maximum Gasteiger partial charge on any atom is 0.323 e. The molecule has 0 unspecified atom stereocenters. The molecule has 2 amide bonds. The van der Waals surface area contributed by atoms with Crippen molar-refractivity contribution in [1.29, 1.82) is 0 Å². The monoisotopic (exact) mass is 294 g/mol. The predicted octanol–water partition coefficient (Wildman–Crippen LogP) is 2.32. The van der Waals surface area contributed by atoms with Crippen molar-refractivity contribution in [2.24, 2.45) is 11.3 Å². The van der Waals surface area contributed by atoms with E-state index in [0.717, 1.165) is 24.2 Å². The first kappa shape index (κ1) is 17.4. The Balaban J connectivity index is 2.59. The van der Waals surface area contributed by atoms with Crippen molar-refractivity contribution in [1.82, 2.24) is 10.2 Å². The molecule has 0 bridgehead atoms. The maximum absolute atomic E-state index is 12.1. The van der Waals surface area contributed by atoms with E-state index in [9.17, 15) is 9.59 Å². The first-order valence-corrected chi connectivity index (χ1v) is 7.56. The minimum atomic E-state index is -1.06. The van der Waals surface area contributed by atoms with Crippen molar-refractivity contribution >= 4 is 12.0 Å². The summed E-state index contributed by atoms with van der Waals surface area (Å²) in [5.74, 6) is 1.85. The molecule has 5 heteroatoms. The largest absolute Gasteiger partial charge is 0.480 e. The minimum absolute atomic E-state index is 0.00924. The van der Waals surface area contributed by atoms with Crippen LogP contribution in [-0.2, 0) is 4.79 Å². The van der Waals surface area contributed by atoms with Gasteiger partial charge in [-0.3, -0.25) is 4.79 Å². The van der Waals surface area contributed by atoms with Crippen LogP contribution in [0.15, 0.2) is 0 Å². The molecule has 0 saturated heterocycles. The zero-order valence-corrected chi connectivity index (χ0v) is 13.0. The smallest absolute Gasteiger partial charge is 0.323 e. The summed E-state index contributed by atoms with van der Waals surface area (Å²) in [5, 5.41) is 11.7. The fourth-order valence-electron chi connectivity index (χ4n) is 3.29. The third kappa shape index (κ3) is 5.66. The summed E-state index contributed by atoms with van der Waals surface area (Å²) < 4.78 is 0. The Morgan fingerprint density at radius 1 is 1.38 bits per heavy atom. The van der Waals surface area contributed by atoms with Gasteiger partial charge in [0, 0.05) is 6.54 Å². The second-order valence-electron chi connectivity index (χ2n) is 6.42. The molecule has 0 spiro atoms. The molecule has 1 aliphatic carbocycles. The maximum atomic E-state index is 12.1. The zero-order chi connectivity index (χ0) is 15.9. The van der Waals surface area contributed by atoms with Crippen LogP contribution in [0.25, 0.3) is 0 Å². The Morgan fingerprint density at radius 2 is 2.00 bits per heavy atom. The lowest BCUT2D eigenvalue weighted by Crippen LogP contribution is -2.46. The SMILES string of the molecule is C#CCN(CC(=O)O)C(=O)NCC1(CC(C)C)CCCC1. The van der Waals surface area contributed by atoms with E-state index < -0.39 is 5.97 Å². The van der Waals surface area contributed by atoms with E-state index >= 15 is 0 Å². The van der Waals surface area contributed by atoms with Crippen LogP contribution in [0.5, 0.6) is 0 Å². The minimum Gasteiger partial charge on any atom is -0.480 e. The number of carboxylic acid groups (broad SMARTS) is 1. The Bertz CT molecular complexity index is 406. The fourth-order valence-corrected chi connectivity index (χ4v) is 3.29. The van der Waals surface area contributed by atoms with Gasteiger partial charge in [0.1, 0.15) is 6.54 Å². The molecule has 1 saturated carbocycles. The van der Waals surface area contributed by atoms with Gasteiger partial charge in [0.2, 0.25) is 0 Å². The highest BCUT2D eigenvalue weighted by atomic mass is 16.4. The van der Waals surface area contributed by atoms with Gasteiger partial charge in [-0.2, -0.15) is 0 Å². The molecular formula is C16H26N2O3. The highest BCUT2D eigenvalue weighted by molar-refractivity contribution is 5.80. The average molecular weight is 294 g/mol. The molecule has 0 aliphatic heterocycles. The molecule has 21 heavy (non-hydrogen) atoms. The molecule has 0 radical (unpaired) electrons. The summed E-state index contributed by atoms with van der Waals surface area (Å²) in [6.07, 6.45) is 10.9. The molecule has 0 aromatic rings. The Hall–Kier alpha value is -1.70. The van der Waals surface area contributed by atoms with Gasteiger partial charge >= 0.3 is 12.0 Å². The summed E-state index contributed by atoms with van der Waals surface area (Å²) in [6.45, 7) is 4.63. The molecular weight excluding hydrogens is 268 g/mol. The van der Waals surface area contributed by atoms with Crippen LogP contribution < -0.4 is 5.32 Å². The Kier molecular flexibility index (Phi) is 6.54. The van der Waals surface area contributed by atoms with E-state index in [4.69, 9.17) is 11.5 Å². The molecule has 1 fully saturated rings. The Labute approximate surface area is 127 Å². The first-order valence-electron chi connectivity index (χ1n) is 7.56. The molecule has 0 aromatic heterocycles. The topological polar surface area (TPSA) is 69.6 Å². The van der Waals surface area contributed by atoms with Gasteiger partial charge in [-0.05, 0) is 30.6 Å². The van der Waals surface area contributed by atoms with Gasteiger partial charge in [0.25, 0.3) is 0 Å². The number of carbonyl (C=O) groups is 2. The van der Waals surface area contributed by atoms with Crippen molar-refractivity contribution in [3.05, 3.63) is 0 Å². The number of amides is 2. The number of terminal acetylenes is 1. The van der Waals surface area contributed by atoms with Gasteiger partial charge in [-0.1, -0.05) is 32.6 Å². The number of nitrogens with zero attached hydrogens (tertiary/aromatic N) is 1. The van der Waals surface area contributed by atoms with Crippen LogP contribution in [-0.4, -0.2) is 41.6 Å². The normalized spacial score (nSPS) is 16.5. The lowest BCUT2D eigenvalue weighted by molar-refractivity contribution is -0.137. The third-order valence-corrected chi connectivity index (χ3v) is 4.02. The molecule has 118 valence electrons. The Morgan fingerprint density at radius 3 is 2.48 bits per heavy atom. The van der Waals surface area contributed by atoms with Crippen LogP contribution in [0, 0.1) is 23.7 Å². The number of urea groups is 1. The number of nitrogens with one attached hydrogen (secondary N) is 1. The lowest BCUT2D eigenvalue weighted by Gasteiger charge is -2.32. The number of hydrogen-bond donors (Lipinski definition) is 2. The molecule has 0 heterocycles. The summed E-state index contributed by atoms with van der Waals surface area (Å²) in [4.78, 5) is 24.0. The molecule has 1 aliphatic rings. The second-order valence-corrected chi connectivity index (χ2v) is 6.42. The second kappa shape index (κ2) is 7.92. The average Bonchev–Trinajstić information content (AvgIpc) is 2.83. The van der Waals surface area contributed by atoms with Crippen molar-refractivity contribution < 1.29 is 14.7 Å². The van der Waals surface area contributed by atoms with Crippen molar-refractivity contribution in [3.63, 3.8) is 0 Å². The zero-order valence-electron chi connectivity index (χ0n) is 13.0. The molecule has 5 nitrogen and oxygen atoms in total. The number of carbonyl (C=O) groups excluding carboxylic acids is 1. The van der Waals surface area contributed by atoms with Crippen molar-refractivity contribution in [2.75, 3.05) is 19.6 Å². The summed E-state index contributed by atoms with van der Waals surface area (Å²) >= 11 is 0. The highest BCUT2D eigenvalue weighted by Crippen LogP contribution is 2.42. The van der Waals surface area contributed by atoms with Crippen molar-refractivity contribution in [3.8, 4) is 12.3 Å². The molecule has 0 aromatic carbocycles. The number of rotatable bonds is 7. The van der Waals surface area contributed by atoms with Gasteiger partial charge in [-0.25, -0.2) is 4.79 Å². The van der Waals surface area contributed by atoms with Gasteiger partial charge in [-0.15, -0.1) is 6.42 Å². The van der Waals surface area contributed by atoms with E-state index in [2.05, 4.69) is 25.1 Å². The van der Waals surface area contributed by atoms with E-state index in [1.54, 1.807) is 0 Å². The lowest BCUT2D eigenvalue weighted by atomic mass is 9.78. The van der Waals surface area contributed by atoms with Crippen LogP contribution in [0.1, 0.15) is 46.0 Å².